The second kappa shape index (κ2) is 11.0. The Hall–Kier alpha value is -0.590. The van der Waals surface area contributed by atoms with Crippen molar-refractivity contribution in [2.24, 2.45) is 5.92 Å². The van der Waals surface area contributed by atoms with Gasteiger partial charge in [-0.1, -0.05) is 88.7 Å². The number of carbonyl (C=O) groups excluding carboxylic acids is 1. The van der Waals surface area contributed by atoms with Gasteiger partial charge in [0.25, 0.3) is 0 Å². The third kappa shape index (κ3) is 7.23. The van der Waals surface area contributed by atoms with E-state index in [1.54, 1.807) is 5.57 Å². The molecular weight excluding hydrogens is 280 g/mol. The second-order valence-electron chi connectivity index (χ2n) is 8.00. The summed E-state index contributed by atoms with van der Waals surface area (Å²) in [5.41, 5.74) is 3.20. The molecule has 23 heavy (non-hydrogen) atoms. The number of allylic oxidation sites excluding steroid dienone is 2. The van der Waals surface area contributed by atoms with Crippen LogP contribution in [-0.4, -0.2) is 5.78 Å². The van der Waals surface area contributed by atoms with Crippen LogP contribution in [0.1, 0.15) is 116 Å². The van der Waals surface area contributed by atoms with E-state index in [9.17, 15) is 4.79 Å². The molecule has 0 heterocycles. The van der Waals surface area contributed by atoms with Gasteiger partial charge in [-0.2, -0.15) is 0 Å². The van der Waals surface area contributed by atoms with Gasteiger partial charge in [0.15, 0.2) is 0 Å². The molecule has 0 saturated heterocycles. The average molecular weight is 319 g/mol. The molecule has 0 bridgehead atoms. The molecule has 0 radical (unpaired) electrons. The van der Waals surface area contributed by atoms with Crippen LogP contribution < -0.4 is 0 Å². The lowest BCUT2D eigenvalue weighted by molar-refractivity contribution is -0.118. The van der Waals surface area contributed by atoms with Gasteiger partial charge in [0.2, 0.25) is 0 Å². The van der Waals surface area contributed by atoms with Crippen molar-refractivity contribution in [1.82, 2.24) is 0 Å². The number of hydrogen-bond acceptors (Lipinski definition) is 1. The fourth-order valence-electron chi connectivity index (χ4n) is 4.43. The van der Waals surface area contributed by atoms with Crippen LogP contribution >= 0.6 is 0 Å². The number of rotatable bonds is 11. The molecule has 0 N–H and O–H groups in total. The summed E-state index contributed by atoms with van der Waals surface area (Å²) in [6, 6.07) is 0. The summed E-state index contributed by atoms with van der Waals surface area (Å²) < 4.78 is 0. The molecule has 1 atom stereocenters. The third-order valence-corrected chi connectivity index (χ3v) is 5.97. The van der Waals surface area contributed by atoms with Crippen molar-refractivity contribution < 1.29 is 4.79 Å². The van der Waals surface area contributed by atoms with Gasteiger partial charge >= 0.3 is 0 Å². The van der Waals surface area contributed by atoms with Crippen LogP contribution in [0.2, 0.25) is 0 Å². The first kappa shape index (κ1) is 18.7. The molecule has 2 aliphatic rings. The number of ketones is 1. The van der Waals surface area contributed by atoms with Crippen LogP contribution in [0.25, 0.3) is 0 Å². The Morgan fingerprint density at radius 2 is 1.43 bits per heavy atom. The van der Waals surface area contributed by atoms with Crippen LogP contribution in [0, 0.1) is 5.92 Å². The largest absolute Gasteiger partial charge is 0.299 e. The topological polar surface area (TPSA) is 17.1 Å². The Bertz CT molecular complexity index is 379. The minimum Gasteiger partial charge on any atom is -0.299 e. The fraction of sp³-hybridized carbons (Fsp3) is 0.864. The van der Waals surface area contributed by atoms with Crippen LogP contribution in [0.4, 0.5) is 0 Å². The van der Waals surface area contributed by atoms with Crippen LogP contribution in [0.3, 0.4) is 0 Å². The smallest absolute Gasteiger partial charge is 0.137 e. The predicted molar refractivity (Wildman–Crippen MR) is 99.7 cm³/mol. The van der Waals surface area contributed by atoms with E-state index < -0.39 is 0 Å². The number of hydrogen-bond donors (Lipinski definition) is 0. The summed E-state index contributed by atoms with van der Waals surface area (Å²) in [4.78, 5) is 11.5. The molecule has 0 fully saturated rings. The van der Waals surface area contributed by atoms with Crippen molar-refractivity contribution in [3.8, 4) is 0 Å². The lowest BCUT2D eigenvalue weighted by Gasteiger charge is -2.30. The predicted octanol–water partition coefficient (Wildman–Crippen LogP) is 7.15. The maximum atomic E-state index is 11.5. The summed E-state index contributed by atoms with van der Waals surface area (Å²) in [6.45, 7) is 2.29. The Morgan fingerprint density at radius 3 is 2.13 bits per heavy atom. The summed E-state index contributed by atoms with van der Waals surface area (Å²) in [7, 11) is 0. The zero-order valence-electron chi connectivity index (χ0n) is 15.5. The highest BCUT2D eigenvalue weighted by atomic mass is 16.1. The SMILES string of the molecule is CCCCCCCCCCCCC1CCC2=C(CCC(=O)C2)C1. The van der Waals surface area contributed by atoms with Gasteiger partial charge in [0.1, 0.15) is 5.78 Å². The van der Waals surface area contributed by atoms with E-state index in [2.05, 4.69) is 6.92 Å². The van der Waals surface area contributed by atoms with Gasteiger partial charge in [0, 0.05) is 12.8 Å². The van der Waals surface area contributed by atoms with E-state index in [0.29, 0.717) is 5.78 Å². The van der Waals surface area contributed by atoms with Crippen molar-refractivity contribution in [2.45, 2.75) is 116 Å². The van der Waals surface area contributed by atoms with E-state index in [1.165, 1.54) is 95.5 Å². The van der Waals surface area contributed by atoms with Gasteiger partial charge in [-0.05, 0) is 31.6 Å². The summed E-state index contributed by atoms with van der Waals surface area (Å²) in [5.74, 6) is 1.41. The molecule has 1 unspecified atom stereocenters. The molecule has 1 heteroatoms. The normalized spacial score (nSPS) is 21.6. The van der Waals surface area contributed by atoms with Crippen LogP contribution in [0.15, 0.2) is 11.1 Å². The van der Waals surface area contributed by atoms with Gasteiger partial charge in [-0.15, -0.1) is 0 Å². The number of Topliss-reactive ketones (excluding diaryl/α,β-unsaturated/α-hetero) is 1. The molecule has 0 spiro atoms. The Kier molecular flexibility index (Phi) is 9.01. The molecule has 0 amide bonds. The molecule has 0 aromatic heterocycles. The molecule has 132 valence electrons. The first-order valence-electron chi connectivity index (χ1n) is 10.5. The molecular formula is C22H38O. The van der Waals surface area contributed by atoms with Crippen molar-refractivity contribution in [2.75, 3.05) is 0 Å². The number of unbranched alkanes of at least 4 members (excludes halogenated alkanes) is 9. The van der Waals surface area contributed by atoms with Crippen molar-refractivity contribution in [3.05, 3.63) is 11.1 Å². The fourth-order valence-corrected chi connectivity index (χ4v) is 4.43. The second-order valence-corrected chi connectivity index (χ2v) is 8.00. The van der Waals surface area contributed by atoms with E-state index in [1.807, 2.05) is 0 Å². The van der Waals surface area contributed by atoms with Gasteiger partial charge in [-0.25, -0.2) is 0 Å². The average Bonchev–Trinajstić information content (AvgIpc) is 2.56. The maximum absolute atomic E-state index is 11.5. The molecule has 2 rings (SSSR count). The van der Waals surface area contributed by atoms with Gasteiger partial charge in [0.05, 0.1) is 0 Å². The van der Waals surface area contributed by atoms with E-state index in [0.717, 1.165) is 25.2 Å². The quantitative estimate of drug-likeness (QED) is 0.292. The molecule has 2 aliphatic carbocycles. The van der Waals surface area contributed by atoms with Crippen molar-refractivity contribution in [1.29, 1.82) is 0 Å². The lowest BCUT2D eigenvalue weighted by atomic mass is 9.75. The first-order chi connectivity index (χ1) is 11.3. The minimum atomic E-state index is 0.483. The van der Waals surface area contributed by atoms with E-state index >= 15 is 0 Å². The molecule has 0 aliphatic heterocycles. The third-order valence-electron chi connectivity index (χ3n) is 5.97. The Labute approximate surface area is 144 Å². The van der Waals surface area contributed by atoms with E-state index in [-0.39, 0.29) is 0 Å². The Morgan fingerprint density at radius 1 is 0.783 bits per heavy atom. The van der Waals surface area contributed by atoms with Gasteiger partial charge in [-0.3, -0.25) is 4.79 Å². The van der Waals surface area contributed by atoms with Crippen molar-refractivity contribution in [3.63, 3.8) is 0 Å². The lowest BCUT2D eigenvalue weighted by Crippen LogP contribution is -2.17. The highest BCUT2D eigenvalue weighted by molar-refractivity contribution is 5.82. The summed E-state index contributed by atoms with van der Waals surface area (Å²) in [6.07, 6.45) is 22.4. The van der Waals surface area contributed by atoms with Crippen LogP contribution in [-0.2, 0) is 4.79 Å². The van der Waals surface area contributed by atoms with Gasteiger partial charge < -0.3 is 0 Å². The zero-order valence-corrected chi connectivity index (χ0v) is 15.5. The number of carbonyl (C=O) groups is 1. The molecule has 0 aromatic rings. The highest BCUT2D eigenvalue weighted by Gasteiger charge is 2.25. The summed E-state index contributed by atoms with van der Waals surface area (Å²) in [5, 5.41) is 0. The van der Waals surface area contributed by atoms with E-state index in [4.69, 9.17) is 0 Å². The van der Waals surface area contributed by atoms with Crippen molar-refractivity contribution >= 4 is 5.78 Å². The standard InChI is InChI=1S/C22H38O/c1-2-3-4-5-6-7-8-9-10-11-12-19-13-14-21-18-22(23)16-15-20(21)17-19/h19H,2-18H2,1H3. The Balaban J connectivity index is 1.46. The van der Waals surface area contributed by atoms with Crippen LogP contribution in [0.5, 0.6) is 0 Å². The molecule has 0 saturated carbocycles. The monoisotopic (exact) mass is 318 g/mol. The zero-order chi connectivity index (χ0) is 16.3. The first-order valence-corrected chi connectivity index (χ1v) is 10.5. The molecule has 0 aromatic carbocycles. The molecule has 1 nitrogen and oxygen atoms in total. The summed E-state index contributed by atoms with van der Waals surface area (Å²) >= 11 is 0. The maximum Gasteiger partial charge on any atom is 0.137 e. The highest BCUT2D eigenvalue weighted by Crippen LogP contribution is 2.38. The minimum absolute atomic E-state index is 0.483.